The van der Waals surface area contributed by atoms with Gasteiger partial charge in [0.1, 0.15) is 11.0 Å². The van der Waals surface area contributed by atoms with Gasteiger partial charge in [-0.3, -0.25) is 0 Å². The minimum Gasteiger partial charge on any atom is -0.384 e. The third-order valence-corrected chi connectivity index (χ3v) is 3.54. The van der Waals surface area contributed by atoms with E-state index >= 15 is 0 Å². The van der Waals surface area contributed by atoms with E-state index in [2.05, 4.69) is 0 Å². The maximum atomic E-state index is 9.69. The maximum absolute atomic E-state index is 9.69. The van der Waals surface area contributed by atoms with Gasteiger partial charge in [0.25, 0.3) is 0 Å². The lowest BCUT2D eigenvalue weighted by molar-refractivity contribution is 0.115. The Morgan fingerprint density at radius 2 is 2.00 bits per heavy atom. The van der Waals surface area contributed by atoms with E-state index in [-0.39, 0.29) is 0 Å². The lowest BCUT2D eigenvalue weighted by atomic mass is 9.94. The number of rotatable bonds is 0. The smallest absolute Gasteiger partial charge is 0.103 e. The van der Waals surface area contributed by atoms with Gasteiger partial charge in [-0.15, -0.1) is 11.6 Å². The van der Waals surface area contributed by atoms with Crippen molar-refractivity contribution in [1.29, 1.82) is 0 Å². The average molecular weight is 228 g/mol. The number of halogens is 3. The van der Waals surface area contributed by atoms with Gasteiger partial charge < -0.3 is 5.11 Å². The summed E-state index contributed by atoms with van der Waals surface area (Å²) in [5.74, 6) is 0. The monoisotopic (exact) mass is 226 g/mol. The highest BCUT2D eigenvalue weighted by atomic mass is 35.5. The van der Waals surface area contributed by atoms with Crippen LogP contribution < -0.4 is 0 Å². The molecule has 1 N–H and O–H groups in total. The van der Waals surface area contributed by atoms with E-state index in [1.54, 1.807) is 13.8 Å². The molecule has 68 valence electrons. The van der Waals surface area contributed by atoms with Gasteiger partial charge in [0.15, 0.2) is 0 Å². The van der Waals surface area contributed by atoms with Crippen molar-refractivity contribution < 1.29 is 5.11 Å². The van der Waals surface area contributed by atoms with Crippen LogP contribution in [-0.4, -0.2) is 16.1 Å². The standard InChI is InChI=1S/C8H9Cl3O/c1-4-5(9)3-8(2,12)7(11)6(4)10/h3,7,12H,1-2H3. The first-order valence-electron chi connectivity index (χ1n) is 3.47. The molecule has 0 aromatic rings. The second-order valence-electron chi connectivity index (χ2n) is 3.05. The summed E-state index contributed by atoms with van der Waals surface area (Å²) in [4.78, 5) is 0. The third-order valence-electron chi connectivity index (χ3n) is 1.87. The molecule has 0 heterocycles. The zero-order valence-electron chi connectivity index (χ0n) is 6.74. The highest BCUT2D eigenvalue weighted by Crippen LogP contribution is 2.38. The molecule has 0 aliphatic heterocycles. The van der Waals surface area contributed by atoms with E-state index in [0.717, 1.165) is 5.57 Å². The van der Waals surface area contributed by atoms with Crippen LogP contribution in [-0.2, 0) is 0 Å². The van der Waals surface area contributed by atoms with E-state index in [9.17, 15) is 5.11 Å². The maximum Gasteiger partial charge on any atom is 0.103 e. The van der Waals surface area contributed by atoms with Gasteiger partial charge >= 0.3 is 0 Å². The second-order valence-corrected chi connectivity index (χ2v) is 4.30. The predicted octanol–water partition coefficient (Wildman–Crippen LogP) is 2.99. The summed E-state index contributed by atoms with van der Waals surface area (Å²) < 4.78 is 0. The molecular weight excluding hydrogens is 218 g/mol. The van der Waals surface area contributed by atoms with Crippen molar-refractivity contribution in [2.75, 3.05) is 0 Å². The van der Waals surface area contributed by atoms with Crippen molar-refractivity contribution in [3.8, 4) is 0 Å². The minimum atomic E-state index is -1.16. The van der Waals surface area contributed by atoms with Crippen LogP contribution in [0.15, 0.2) is 21.7 Å². The summed E-state index contributed by atoms with van der Waals surface area (Å²) in [6.07, 6.45) is 1.51. The van der Waals surface area contributed by atoms with Crippen LogP contribution in [0.2, 0.25) is 0 Å². The molecule has 2 atom stereocenters. The van der Waals surface area contributed by atoms with E-state index in [1.807, 2.05) is 0 Å². The zero-order valence-corrected chi connectivity index (χ0v) is 9.00. The molecule has 12 heavy (non-hydrogen) atoms. The molecule has 0 fully saturated rings. The SMILES string of the molecule is CC1=C(Cl)C(Cl)C(C)(O)C=C1Cl. The highest BCUT2D eigenvalue weighted by molar-refractivity contribution is 6.41. The molecule has 0 spiro atoms. The molecule has 0 bridgehead atoms. The van der Waals surface area contributed by atoms with E-state index < -0.39 is 11.0 Å². The Morgan fingerprint density at radius 3 is 2.50 bits per heavy atom. The van der Waals surface area contributed by atoms with E-state index in [4.69, 9.17) is 34.8 Å². The van der Waals surface area contributed by atoms with Gasteiger partial charge in [-0.05, 0) is 25.5 Å². The molecule has 1 aliphatic rings. The summed E-state index contributed by atoms with van der Waals surface area (Å²) in [5, 5.41) is 9.95. The Kier molecular flexibility index (Phi) is 2.79. The first-order valence-corrected chi connectivity index (χ1v) is 4.67. The zero-order chi connectivity index (χ0) is 9.52. The first-order chi connectivity index (χ1) is 5.36. The van der Waals surface area contributed by atoms with Crippen molar-refractivity contribution in [3.63, 3.8) is 0 Å². The third kappa shape index (κ3) is 1.64. The van der Waals surface area contributed by atoms with Crippen LogP contribution in [0.3, 0.4) is 0 Å². The quantitative estimate of drug-likeness (QED) is 0.631. The lowest BCUT2D eigenvalue weighted by Crippen LogP contribution is -2.36. The number of allylic oxidation sites excluding steroid dienone is 2. The van der Waals surface area contributed by atoms with Crippen LogP contribution in [0.25, 0.3) is 0 Å². The van der Waals surface area contributed by atoms with Crippen LogP contribution in [0, 0.1) is 0 Å². The highest BCUT2D eigenvalue weighted by Gasteiger charge is 2.35. The summed E-state index contributed by atoms with van der Waals surface area (Å²) in [5.41, 5.74) is -0.431. The van der Waals surface area contributed by atoms with Crippen LogP contribution in [0.1, 0.15) is 13.8 Å². The van der Waals surface area contributed by atoms with Gasteiger partial charge in [-0.2, -0.15) is 0 Å². The number of hydrogen-bond acceptors (Lipinski definition) is 1. The van der Waals surface area contributed by atoms with Crippen molar-refractivity contribution >= 4 is 34.8 Å². The second kappa shape index (κ2) is 3.22. The van der Waals surface area contributed by atoms with Crippen LogP contribution in [0.5, 0.6) is 0 Å². The first kappa shape index (κ1) is 10.4. The summed E-state index contributed by atoms with van der Waals surface area (Å²) in [6.45, 7) is 3.34. The lowest BCUT2D eigenvalue weighted by Gasteiger charge is -2.30. The molecule has 0 aromatic heterocycles. The molecule has 1 aliphatic carbocycles. The minimum absolute atomic E-state index is 0.411. The molecule has 0 saturated carbocycles. The molecule has 1 nitrogen and oxygen atoms in total. The summed E-state index contributed by atoms with van der Waals surface area (Å²) >= 11 is 17.5. The molecule has 1 rings (SSSR count). The number of hydrogen-bond donors (Lipinski definition) is 1. The van der Waals surface area contributed by atoms with Gasteiger partial charge in [-0.1, -0.05) is 23.2 Å². The van der Waals surface area contributed by atoms with Crippen LogP contribution in [0.4, 0.5) is 0 Å². The fraction of sp³-hybridized carbons (Fsp3) is 0.500. The molecule has 0 radical (unpaired) electrons. The number of alkyl halides is 1. The average Bonchev–Trinajstić information content (AvgIpc) is 1.97. The van der Waals surface area contributed by atoms with Gasteiger partial charge in [0.05, 0.1) is 0 Å². The topological polar surface area (TPSA) is 20.2 Å². The van der Waals surface area contributed by atoms with Crippen molar-refractivity contribution in [3.05, 3.63) is 21.7 Å². The fourth-order valence-corrected chi connectivity index (χ4v) is 1.92. The molecule has 0 aromatic carbocycles. The van der Waals surface area contributed by atoms with Crippen LogP contribution >= 0.6 is 34.8 Å². The summed E-state index contributed by atoms with van der Waals surface area (Å²) in [7, 11) is 0. The van der Waals surface area contributed by atoms with E-state index in [1.165, 1.54) is 6.08 Å². The molecule has 4 heteroatoms. The number of aliphatic hydroxyl groups is 1. The normalized spacial score (nSPS) is 36.8. The van der Waals surface area contributed by atoms with Gasteiger partial charge in [-0.25, -0.2) is 0 Å². The van der Waals surface area contributed by atoms with E-state index in [0.29, 0.717) is 10.1 Å². The van der Waals surface area contributed by atoms with Crippen molar-refractivity contribution in [1.82, 2.24) is 0 Å². The molecule has 2 unspecified atom stereocenters. The Balaban J connectivity index is 3.15. The molecular formula is C8H9Cl3O. The predicted molar refractivity (Wildman–Crippen MR) is 52.8 cm³/mol. The molecule has 0 amide bonds. The largest absolute Gasteiger partial charge is 0.384 e. The Morgan fingerprint density at radius 1 is 1.50 bits per heavy atom. The fourth-order valence-electron chi connectivity index (χ4n) is 0.999. The Hall–Kier alpha value is 0.310. The van der Waals surface area contributed by atoms with Gasteiger partial charge in [0.2, 0.25) is 0 Å². The Bertz CT molecular complexity index is 265. The molecule has 0 saturated heterocycles. The van der Waals surface area contributed by atoms with Crippen molar-refractivity contribution in [2.24, 2.45) is 0 Å². The van der Waals surface area contributed by atoms with Gasteiger partial charge in [0, 0.05) is 10.1 Å². The summed E-state index contributed by atoms with van der Waals surface area (Å²) in [6, 6.07) is 0. The Labute approximate surface area is 86.6 Å². The van der Waals surface area contributed by atoms with Crippen molar-refractivity contribution in [2.45, 2.75) is 24.8 Å².